The van der Waals surface area contributed by atoms with Crippen molar-refractivity contribution in [3.8, 4) is 0 Å². The molecule has 0 radical (unpaired) electrons. The number of imidazole rings is 1. The molecule has 0 unspecified atom stereocenters. The maximum atomic E-state index is 5.85. The predicted octanol–water partition coefficient (Wildman–Crippen LogP) is 4.52. The van der Waals surface area contributed by atoms with Crippen LogP contribution in [0.3, 0.4) is 0 Å². The van der Waals surface area contributed by atoms with E-state index in [4.69, 9.17) is 34.8 Å². The zero-order chi connectivity index (χ0) is 10.8. The summed E-state index contributed by atoms with van der Waals surface area (Å²) in [5, 5.41) is 1.96. The first-order valence-corrected chi connectivity index (χ1v) is 5.94. The zero-order valence-electron chi connectivity index (χ0n) is 7.30. The van der Waals surface area contributed by atoms with Crippen LogP contribution in [0.25, 0.3) is 0 Å². The lowest BCUT2D eigenvalue weighted by atomic mass is 10.4. The van der Waals surface area contributed by atoms with E-state index in [0.717, 1.165) is 4.90 Å². The molecule has 1 aromatic heterocycles. The van der Waals surface area contributed by atoms with Crippen LogP contribution in [0.4, 0.5) is 0 Å². The highest BCUT2D eigenvalue weighted by molar-refractivity contribution is 7.99. The molecule has 0 saturated heterocycles. The van der Waals surface area contributed by atoms with E-state index >= 15 is 0 Å². The fourth-order valence-electron chi connectivity index (χ4n) is 1.00. The first-order valence-electron chi connectivity index (χ1n) is 3.99. The molecule has 0 bridgehead atoms. The van der Waals surface area contributed by atoms with Gasteiger partial charge in [0.15, 0.2) is 10.3 Å². The van der Waals surface area contributed by atoms with Gasteiger partial charge in [0.2, 0.25) is 0 Å². The van der Waals surface area contributed by atoms with E-state index in [0.29, 0.717) is 15.3 Å². The molecule has 0 aliphatic heterocycles. The maximum Gasteiger partial charge on any atom is 0.172 e. The molecular weight excluding hydrogens is 275 g/mol. The molecule has 0 amide bonds. The van der Waals surface area contributed by atoms with E-state index in [1.165, 1.54) is 11.8 Å². The number of halogens is 3. The Morgan fingerprint density at radius 2 is 2.00 bits per heavy atom. The number of H-pyrrole nitrogens is 1. The molecule has 2 aromatic rings. The predicted molar refractivity (Wildman–Crippen MR) is 64.2 cm³/mol. The molecule has 1 aromatic carbocycles. The van der Waals surface area contributed by atoms with Crippen molar-refractivity contribution in [1.82, 2.24) is 9.97 Å². The molecule has 6 heteroatoms. The van der Waals surface area contributed by atoms with E-state index in [9.17, 15) is 0 Å². The Kier molecular flexibility index (Phi) is 3.46. The average molecular weight is 280 g/mol. The smallest absolute Gasteiger partial charge is 0.172 e. The van der Waals surface area contributed by atoms with Crippen molar-refractivity contribution in [2.75, 3.05) is 0 Å². The van der Waals surface area contributed by atoms with E-state index in [-0.39, 0.29) is 5.15 Å². The fraction of sp³-hybridized carbons (Fsp3) is 0. The monoisotopic (exact) mass is 278 g/mol. The summed E-state index contributed by atoms with van der Waals surface area (Å²) in [7, 11) is 0. The van der Waals surface area contributed by atoms with Crippen molar-refractivity contribution < 1.29 is 0 Å². The molecule has 1 N–H and O–H groups in total. The molecule has 0 fully saturated rings. The Hall–Kier alpha value is -0.350. The number of nitrogens with one attached hydrogen (secondary N) is 1. The molecular formula is C9H5Cl3N2S. The normalized spacial score (nSPS) is 10.6. The summed E-state index contributed by atoms with van der Waals surface area (Å²) < 4.78 is 0. The second-order valence-corrected chi connectivity index (χ2v) is 4.94. The molecule has 0 aliphatic rings. The molecule has 0 atom stereocenters. The van der Waals surface area contributed by atoms with Gasteiger partial charge in [-0.3, -0.25) is 0 Å². The minimum Gasteiger partial charge on any atom is -0.322 e. The Morgan fingerprint density at radius 3 is 2.60 bits per heavy atom. The van der Waals surface area contributed by atoms with E-state index < -0.39 is 0 Å². The number of nitrogens with zero attached hydrogens (tertiary/aromatic N) is 1. The van der Waals surface area contributed by atoms with Crippen molar-refractivity contribution in [3.63, 3.8) is 0 Å². The van der Waals surface area contributed by atoms with Crippen LogP contribution in [0.1, 0.15) is 0 Å². The first-order chi connectivity index (χ1) is 7.15. The number of hydrogen-bond donors (Lipinski definition) is 1. The van der Waals surface area contributed by atoms with Gasteiger partial charge in [-0.25, -0.2) is 4.98 Å². The van der Waals surface area contributed by atoms with Gasteiger partial charge < -0.3 is 4.98 Å². The van der Waals surface area contributed by atoms with Crippen molar-refractivity contribution >= 4 is 46.6 Å². The lowest BCUT2D eigenvalue weighted by molar-refractivity contribution is 1.06. The number of benzene rings is 1. The van der Waals surface area contributed by atoms with Gasteiger partial charge >= 0.3 is 0 Å². The lowest BCUT2D eigenvalue weighted by Crippen LogP contribution is -1.75. The molecule has 78 valence electrons. The molecule has 2 rings (SSSR count). The zero-order valence-corrected chi connectivity index (χ0v) is 10.4. The van der Waals surface area contributed by atoms with E-state index in [2.05, 4.69) is 9.97 Å². The molecule has 2 nitrogen and oxygen atoms in total. The van der Waals surface area contributed by atoms with Crippen LogP contribution in [0.2, 0.25) is 15.3 Å². The van der Waals surface area contributed by atoms with Crippen LogP contribution in [0, 0.1) is 0 Å². The summed E-state index contributed by atoms with van der Waals surface area (Å²) in [6.45, 7) is 0. The van der Waals surface area contributed by atoms with Gasteiger partial charge in [-0.1, -0.05) is 52.6 Å². The number of hydrogen-bond acceptors (Lipinski definition) is 2. The van der Waals surface area contributed by atoms with Gasteiger partial charge in [-0.15, -0.1) is 0 Å². The van der Waals surface area contributed by atoms with Gasteiger partial charge in [0.25, 0.3) is 0 Å². The summed E-state index contributed by atoms with van der Waals surface area (Å²) in [5.74, 6) is 0. The van der Waals surface area contributed by atoms with Gasteiger partial charge in [-0.05, 0) is 18.2 Å². The summed E-state index contributed by atoms with van der Waals surface area (Å²) in [6.07, 6.45) is 0. The van der Waals surface area contributed by atoms with Crippen molar-refractivity contribution in [3.05, 3.63) is 39.6 Å². The Morgan fingerprint density at radius 1 is 1.20 bits per heavy atom. The van der Waals surface area contributed by atoms with Gasteiger partial charge in [0.1, 0.15) is 5.15 Å². The SMILES string of the molecule is Clc1cccc(Sc2nc(Cl)c(Cl)[nH]2)c1. The quantitative estimate of drug-likeness (QED) is 0.875. The summed E-state index contributed by atoms with van der Waals surface area (Å²) in [6, 6.07) is 7.46. The summed E-state index contributed by atoms with van der Waals surface area (Å²) in [4.78, 5) is 7.86. The largest absolute Gasteiger partial charge is 0.322 e. The van der Waals surface area contributed by atoms with Crippen molar-refractivity contribution in [2.45, 2.75) is 10.1 Å². The highest BCUT2D eigenvalue weighted by Gasteiger charge is 2.07. The topological polar surface area (TPSA) is 28.7 Å². The second-order valence-electron chi connectivity index (χ2n) is 2.71. The Balaban J connectivity index is 2.22. The number of aromatic nitrogens is 2. The van der Waals surface area contributed by atoms with E-state index in [1.54, 1.807) is 0 Å². The molecule has 0 saturated carbocycles. The third kappa shape index (κ3) is 2.82. The Bertz CT molecular complexity index is 464. The maximum absolute atomic E-state index is 5.85. The third-order valence-electron chi connectivity index (χ3n) is 1.61. The molecule has 1 heterocycles. The van der Waals surface area contributed by atoms with Gasteiger partial charge in [-0.2, -0.15) is 0 Å². The van der Waals surface area contributed by atoms with Gasteiger partial charge in [0.05, 0.1) is 0 Å². The van der Waals surface area contributed by atoms with Crippen LogP contribution in [-0.2, 0) is 0 Å². The highest BCUT2D eigenvalue weighted by atomic mass is 35.5. The molecule has 0 spiro atoms. The van der Waals surface area contributed by atoms with Gasteiger partial charge in [0, 0.05) is 9.92 Å². The summed E-state index contributed by atoms with van der Waals surface area (Å²) >= 11 is 18.7. The van der Waals surface area contributed by atoms with Crippen molar-refractivity contribution in [2.24, 2.45) is 0 Å². The number of aromatic amines is 1. The van der Waals surface area contributed by atoms with Crippen LogP contribution < -0.4 is 0 Å². The highest BCUT2D eigenvalue weighted by Crippen LogP contribution is 2.30. The van der Waals surface area contributed by atoms with Crippen LogP contribution in [0.15, 0.2) is 34.3 Å². The molecule has 15 heavy (non-hydrogen) atoms. The fourth-order valence-corrected chi connectivity index (χ4v) is 2.47. The average Bonchev–Trinajstić information content (AvgIpc) is 2.45. The van der Waals surface area contributed by atoms with Crippen LogP contribution in [-0.4, -0.2) is 9.97 Å². The van der Waals surface area contributed by atoms with Crippen LogP contribution >= 0.6 is 46.6 Å². The van der Waals surface area contributed by atoms with Crippen molar-refractivity contribution in [1.29, 1.82) is 0 Å². The molecule has 0 aliphatic carbocycles. The third-order valence-corrected chi connectivity index (χ3v) is 3.36. The standard InChI is InChI=1S/C9H5Cl3N2S/c10-5-2-1-3-6(4-5)15-9-13-7(11)8(12)14-9/h1-4H,(H,13,14). The van der Waals surface area contributed by atoms with E-state index in [1.807, 2.05) is 24.3 Å². The Labute approximate surface area is 106 Å². The number of rotatable bonds is 2. The first kappa shape index (κ1) is 11.1. The lowest BCUT2D eigenvalue weighted by Gasteiger charge is -1.97. The minimum absolute atomic E-state index is 0.279. The minimum atomic E-state index is 0.279. The summed E-state index contributed by atoms with van der Waals surface area (Å²) in [5.41, 5.74) is 0. The van der Waals surface area contributed by atoms with Crippen LogP contribution in [0.5, 0.6) is 0 Å². The second kappa shape index (κ2) is 4.66.